The van der Waals surface area contributed by atoms with Crippen molar-refractivity contribution in [3.05, 3.63) is 18.0 Å². The Kier molecular flexibility index (Phi) is 5.28. The van der Waals surface area contributed by atoms with Crippen LogP contribution in [0.3, 0.4) is 0 Å². The summed E-state index contributed by atoms with van der Waals surface area (Å²) < 4.78 is 28.3. The normalized spacial score (nSPS) is 28.2. The van der Waals surface area contributed by atoms with Crippen LogP contribution in [-0.4, -0.2) is 83.7 Å². The molecule has 1 aromatic heterocycles. The maximum Gasteiger partial charge on any atom is 0.230 e. The van der Waals surface area contributed by atoms with Gasteiger partial charge in [0.1, 0.15) is 0 Å². The van der Waals surface area contributed by atoms with Crippen molar-refractivity contribution in [2.24, 2.45) is 10.8 Å². The van der Waals surface area contributed by atoms with Crippen LogP contribution >= 0.6 is 0 Å². The first-order valence-corrected chi connectivity index (χ1v) is 12.6. The second-order valence-electron chi connectivity index (χ2n) is 9.01. The molecule has 3 saturated heterocycles. The van der Waals surface area contributed by atoms with Crippen molar-refractivity contribution in [2.75, 3.05) is 45.5 Å². The molecule has 0 aromatic carbocycles. The van der Waals surface area contributed by atoms with Gasteiger partial charge in [-0.3, -0.25) is 14.4 Å². The largest absolute Gasteiger partial charge is 0.342 e. The van der Waals surface area contributed by atoms with Crippen molar-refractivity contribution in [3.63, 3.8) is 0 Å². The number of fused-ring (bicyclic) bond motifs is 1. The molecule has 1 atom stereocenters. The number of amides is 1. The first-order valence-electron chi connectivity index (χ1n) is 10.7. The summed E-state index contributed by atoms with van der Waals surface area (Å²) in [6.45, 7) is 9.85. The molecule has 0 radical (unpaired) electrons. The summed E-state index contributed by atoms with van der Waals surface area (Å²) in [6, 6.07) is 0. The minimum atomic E-state index is -3.31. The van der Waals surface area contributed by atoms with E-state index in [9.17, 15) is 13.2 Å². The standard InChI is InChI=1S/C20H33N5O3S/c1-4-23-11-8-20(18(23)26)16-25(29(3,27)28)15-19(20)6-9-22(10-7-19)13-17-12-21-24(5-2)14-17/h12,14H,4-11,13,15-16H2,1-3H3. The number of nitrogens with zero attached hydrogens (tertiary/aromatic N) is 5. The molecule has 9 heteroatoms. The third kappa shape index (κ3) is 3.41. The van der Waals surface area contributed by atoms with E-state index in [0.717, 1.165) is 52.0 Å². The predicted molar refractivity (Wildman–Crippen MR) is 111 cm³/mol. The highest BCUT2D eigenvalue weighted by molar-refractivity contribution is 7.88. The lowest BCUT2D eigenvalue weighted by atomic mass is 9.60. The van der Waals surface area contributed by atoms with Crippen LogP contribution in [0.1, 0.15) is 38.7 Å². The Morgan fingerprint density at radius 2 is 1.79 bits per heavy atom. The van der Waals surface area contributed by atoms with Gasteiger partial charge in [-0.25, -0.2) is 12.7 Å². The Morgan fingerprint density at radius 3 is 2.34 bits per heavy atom. The van der Waals surface area contributed by atoms with Crippen LogP contribution < -0.4 is 0 Å². The quantitative estimate of drug-likeness (QED) is 0.706. The molecule has 1 unspecified atom stereocenters. The lowest BCUT2D eigenvalue weighted by Gasteiger charge is -2.47. The zero-order chi connectivity index (χ0) is 20.9. The van der Waals surface area contributed by atoms with Crippen molar-refractivity contribution < 1.29 is 13.2 Å². The third-order valence-electron chi connectivity index (χ3n) is 7.53. The van der Waals surface area contributed by atoms with Crippen molar-refractivity contribution in [1.82, 2.24) is 23.9 Å². The molecule has 3 fully saturated rings. The van der Waals surface area contributed by atoms with Gasteiger partial charge in [0.05, 0.1) is 17.9 Å². The summed E-state index contributed by atoms with van der Waals surface area (Å²) in [7, 11) is -3.31. The van der Waals surface area contributed by atoms with Crippen molar-refractivity contribution in [3.8, 4) is 0 Å². The van der Waals surface area contributed by atoms with E-state index in [2.05, 4.69) is 23.1 Å². The number of aromatic nitrogens is 2. The second-order valence-corrected chi connectivity index (χ2v) is 11.0. The van der Waals surface area contributed by atoms with E-state index in [4.69, 9.17) is 0 Å². The summed E-state index contributed by atoms with van der Waals surface area (Å²) in [5.41, 5.74) is 0.405. The van der Waals surface area contributed by atoms with E-state index in [0.29, 0.717) is 19.6 Å². The van der Waals surface area contributed by atoms with Crippen LogP contribution in [0.25, 0.3) is 0 Å². The Bertz CT molecular complexity index is 874. The smallest absolute Gasteiger partial charge is 0.230 e. The van der Waals surface area contributed by atoms with E-state index in [1.54, 1.807) is 4.31 Å². The van der Waals surface area contributed by atoms with Gasteiger partial charge in [-0.2, -0.15) is 5.10 Å². The Hall–Kier alpha value is -1.45. The average Bonchev–Trinajstić information content (AvgIpc) is 3.36. The van der Waals surface area contributed by atoms with Crippen molar-refractivity contribution >= 4 is 15.9 Å². The third-order valence-corrected chi connectivity index (χ3v) is 8.72. The molecule has 0 saturated carbocycles. The fraction of sp³-hybridized carbons (Fsp3) is 0.800. The molecule has 0 N–H and O–H groups in total. The summed E-state index contributed by atoms with van der Waals surface area (Å²) in [5.74, 6) is 0.170. The maximum atomic E-state index is 13.4. The highest BCUT2D eigenvalue weighted by Crippen LogP contribution is 2.58. The maximum absolute atomic E-state index is 13.4. The molecule has 8 nitrogen and oxygen atoms in total. The summed E-state index contributed by atoms with van der Waals surface area (Å²) in [5, 5.41) is 4.36. The summed E-state index contributed by atoms with van der Waals surface area (Å²) >= 11 is 0. The zero-order valence-corrected chi connectivity index (χ0v) is 18.6. The average molecular weight is 424 g/mol. The van der Waals surface area contributed by atoms with Gasteiger partial charge in [-0.15, -0.1) is 0 Å². The predicted octanol–water partition coefficient (Wildman–Crippen LogP) is 0.999. The molecular weight excluding hydrogens is 390 g/mol. The first-order chi connectivity index (χ1) is 13.7. The number of hydrogen-bond donors (Lipinski definition) is 0. The van der Waals surface area contributed by atoms with Gasteiger partial charge in [0, 0.05) is 56.4 Å². The fourth-order valence-corrected chi connectivity index (χ4v) is 6.66. The molecule has 1 amide bonds. The lowest BCUT2D eigenvalue weighted by Crippen LogP contribution is -2.52. The summed E-state index contributed by atoms with van der Waals surface area (Å²) in [4.78, 5) is 17.7. The molecule has 162 valence electrons. The molecule has 3 aliphatic heterocycles. The van der Waals surface area contributed by atoms with Crippen LogP contribution in [0.4, 0.5) is 0 Å². The lowest BCUT2D eigenvalue weighted by molar-refractivity contribution is -0.142. The van der Waals surface area contributed by atoms with E-state index in [1.807, 2.05) is 22.7 Å². The van der Waals surface area contributed by atoms with Gasteiger partial charge in [0.15, 0.2) is 0 Å². The van der Waals surface area contributed by atoms with Gasteiger partial charge in [-0.05, 0) is 46.2 Å². The Morgan fingerprint density at radius 1 is 1.07 bits per heavy atom. The van der Waals surface area contributed by atoms with Crippen LogP contribution in [0.15, 0.2) is 12.4 Å². The Balaban J connectivity index is 1.54. The summed E-state index contributed by atoms with van der Waals surface area (Å²) in [6.07, 6.45) is 7.79. The molecule has 29 heavy (non-hydrogen) atoms. The number of rotatable bonds is 5. The molecule has 2 spiro atoms. The van der Waals surface area contributed by atoms with Gasteiger partial charge >= 0.3 is 0 Å². The molecular formula is C20H33N5O3S. The van der Waals surface area contributed by atoms with Gasteiger partial charge < -0.3 is 4.90 Å². The van der Waals surface area contributed by atoms with E-state index < -0.39 is 15.4 Å². The van der Waals surface area contributed by atoms with Gasteiger partial charge in [0.2, 0.25) is 15.9 Å². The van der Waals surface area contributed by atoms with Crippen LogP contribution in [0.5, 0.6) is 0 Å². The fourth-order valence-electron chi connectivity index (χ4n) is 5.72. The van der Waals surface area contributed by atoms with Gasteiger partial charge in [-0.1, -0.05) is 0 Å². The highest BCUT2D eigenvalue weighted by Gasteiger charge is 2.66. The minimum Gasteiger partial charge on any atom is -0.342 e. The second kappa shape index (κ2) is 7.35. The van der Waals surface area contributed by atoms with E-state index in [1.165, 1.54) is 11.8 Å². The number of carbonyl (C=O) groups excluding carboxylic acids is 1. The number of piperidine rings is 1. The monoisotopic (exact) mass is 423 g/mol. The van der Waals surface area contributed by atoms with Crippen molar-refractivity contribution in [2.45, 2.75) is 46.2 Å². The number of carbonyl (C=O) groups is 1. The zero-order valence-electron chi connectivity index (χ0n) is 17.8. The SMILES string of the molecule is CCN1CCC2(CN(S(C)(=O)=O)CC23CCN(Cc2cnn(CC)c2)CC3)C1=O. The topological polar surface area (TPSA) is 78.8 Å². The number of likely N-dealkylation sites (tertiary alicyclic amines) is 2. The molecule has 4 heterocycles. The molecule has 1 aromatic rings. The molecule has 0 aliphatic carbocycles. The van der Waals surface area contributed by atoms with E-state index in [-0.39, 0.29) is 11.3 Å². The van der Waals surface area contributed by atoms with Crippen LogP contribution in [0.2, 0.25) is 0 Å². The number of hydrogen-bond acceptors (Lipinski definition) is 5. The molecule has 0 bridgehead atoms. The minimum absolute atomic E-state index is 0.170. The van der Waals surface area contributed by atoms with Crippen molar-refractivity contribution in [1.29, 1.82) is 0 Å². The highest BCUT2D eigenvalue weighted by atomic mass is 32.2. The first kappa shape index (κ1) is 20.8. The van der Waals surface area contributed by atoms with Crippen LogP contribution in [0, 0.1) is 10.8 Å². The number of aryl methyl sites for hydroxylation is 1. The van der Waals surface area contributed by atoms with Crippen LogP contribution in [-0.2, 0) is 27.9 Å². The molecule has 3 aliphatic rings. The van der Waals surface area contributed by atoms with Gasteiger partial charge in [0.25, 0.3) is 0 Å². The van der Waals surface area contributed by atoms with E-state index >= 15 is 0 Å². The Labute approximate surface area is 173 Å². The number of sulfonamides is 1. The molecule has 4 rings (SSSR count).